The van der Waals surface area contributed by atoms with Crippen molar-refractivity contribution in [1.82, 2.24) is 14.7 Å². The van der Waals surface area contributed by atoms with E-state index in [-0.39, 0.29) is 0 Å². The number of benzene rings is 1. The number of aldehydes is 1. The standard InChI is InChI=1S/C20H25FN4O2S/c1-13(12-26)7-16(11-24(2)3)15-8-17(23-28(4)27)19-18(9-15)25(22-20(19)21)10-14-5-6-14/h7-9,11-12,14,23H,5-6,10H2,1-4H3/b13-7-,16-11+. The third-order valence-electron chi connectivity index (χ3n) is 4.49. The Morgan fingerprint density at radius 1 is 1.43 bits per heavy atom. The molecule has 1 aromatic carbocycles. The summed E-state index contributed by atoms with van der Waals surface area (Å²) in [5.41, 5.74) is 3.22. The summed E-state index contributed by atoms with van der Waals surface area (Å²) in [6.07, 6.45) is 8.20. The van der Waals surface area contributed by atoms with Gasteiger partial charge in [-0.2, -0.15) is 4.39 Å². The molecular formula is C20H25FN4O2S. The Morgan fingerprint density at radius 2 is 2.14 bits per heavy atom. The lowest BCUT2D eigenvalue weighted by Gasteiger charge is -2.13. The summed E-state index contributed by atoms with van der Waals surface area (Å²) in [7, 11) is 2.41. The summed E-state index contributed by atoms with van der Waals surface area (Å²) in [6, 6.07) is 3.63. The highest BCUT2D eigenvalue weighted by molar-refractivity contribution is 7.85. The molecule has 0 saturated heterocycles. The zero-order chi connectivity index (χ0) is 20.4. The molecule has 2 aromatic rings. The van der Waals surface area contributed by atoms with Gasteiger partial charge < -0.3 is 9.62 Å². The first-order valence-corrected chi connectivity index (χ1v) is 10.7. The number of carbonyl (C=O) groups excluding carboxylic acids is 1. The molecule has 1 aliphatic carbocycles. The van der Waals surface area contributed by atoms with Crippen molar-refractivity contribution in [2.75, 3.05) is 25.1 Å². The molecule has 0 amide bonds. The quantitative estimate of drug-likeness (QED) is 0.416. The fourth-order valence-corrected chi connectivity index (χ4v) is 3.57. The molecule has 1 aliphatic rings. The van der Waals surface area contributed by atoms with Gasteiger partial charge in [0.1, 0.15) is 17.3 Å². The van der Waals surface area contributed by atoms with Crippen molar-refractivity contribution < 1.29 is 13.4 Å². The molecule has 8 heteroatoms. The molecule has 6 nitrogen and oxygen atoms in total. The number of hydrogen-bond donors (Lipinski definition) is 1. The normalized spacial score (nSPS) is 16.3. The number of hydrogen-bond acceptors (Lipinski definition) is 4. The second-order valence-electron chi connectivity index (χ2n) is 7.44. The van der Waals surface area contributed by atoms with Crippen LogP contribution >= 0.6 is 0 Å². The SMILES string of the molecule is C/C(C=O)=C/C(=C\N(C)C)c1cc(NS(C)=O)c2c(F)nn(CC3CC3)c2c1. The highest BCUT2D eigenvalue weighted by Crippen LogP contribution is 2.35. The maximum Gasteiger partial charge on any atom is 0.242 e. The van der Waals surface area contributed by atoms with Crippen LogP contribution in [0.2, 0.25) is 0 Å². The van der Waals surface area contributed by atoms with Crippen LogP contribution in [0.1, 0.15) is 25.3 Å². The number of carbonyl (C=O) groups is 1. The van der Waals surface area contributed by atoms with Crippen molar-refractivity contribution in [3.05, 3.63) is 41.5 Å². The highest BCUT2D eigenvalue weighted by atomic mass is 32.2. The van der Waals surface area contributed by atoms with Gasteiger partial charge in [-0.1, -0.05) is 0 Å². The zero-order valence-electron chi connectivity index (χ0n) is 16.5. The monoisotopic (exact) mass is 404 g/mol. The molecule has 0 bridgehead atoms. The summed E-state index contributed by atoms with van der Waals surface area (Å²) in [4.78, 5) is 13.0. The van der Waals surface area contributed by atoms with E-state index in [1.165, 1.54) is 6.26 Å². The first-order valence-electron chi connectivity index (χ1n) is 9.10. The maximum atomic E-state index is 14.6. The van der Waals surface area contributed by atoms with E-state index >= 15 is 0 Å². The smallest absolute Gasteiger partial charge is 0.242 e. The second-order valence-corrected chi connectivity index (χ2v) is 8.56. The minimum absolute atomic E-state index is 0.333. The van der Waals surface area contributed by atoms with Gasteiger partial charge in [0.25, 0.3) is 0 Å². The number of nitrogens with zero attached hydrogens (tertiary/aromatic N) is 3. The van der Waals surface area contributed by atoms with Crippen molar-refractivity contribution in [2.24, 2.45) is 5.92 Å². The van der Waals surface area contributed by atoms with E-state index in [2.05, 4.69) is 9.82 Å². The van der Waals surface area contributed by atoms with Crippen LogP contribution in [-0.4, -0.2) is 45.5 Å². The fraction of sp³-hybridized carbons (Fsp3) is 0.400. The van der Waals surface area contributed by atoms with E-state index in [0.29, 0.717) is 34.6 Å². The van der Waals surface area contributed by atoms with Crippen LogP contribution in [0.5, 0.6) is 0 Å². The molecule has 150 valence electrons. The van der Waals surface area contributed by atoms with Gasteiger partial charge in [0, 0.05) is 33.1 Å². The average Bonchev–Trinajstić information content (AvgIpc) is 3.36. The van der Waals surface area contributed by atoms with E-state index in [1.807, 2.05) is 31.3 Å². The minimum Gasteiger partial charge on any atom is -0.383 e. The van der Waals surface area contributed by atoms with Crippen molar-refractivity contribution >= 4 is 39.4 Å². The highest BCUT2D eigenvalue weighted by Gasteiger charge is 2.25. The predicted octanol–water partition coefficient (Wildman–Crippen LogP) is 3.34. The summed E-state index contributed by atoms with van der Waals surface area (Å²) >= 11 is 0. The Kier molecular flexibility index (Phi) is 5.98. The average molecular weight is 405 g/mol. The predicted molar refractivity (Wildman–Crippen MR) is 112 cm³/mol. The van der Waals surface area contributed by atoms with Gasteiger partial charge in [0.05, 0.1) is 16.6 Å². The summed E-state index contributed by atoms with van der Waals surface area (Å²) < 4.78 is 31.0. The molecule has 0 spiro atoms. The molecule has 3 rings (SSSR count). The van der Waals surface area contributed by atoms with Gasteiger partial charge in [-0.3, -0.25) is 9.48 Å². The molecule has 1 aromatic heterocycles. The fourth-order valence-electron chi connectivity index (χ4n) is 3.10. The first-order chi connectivity index (χ1) is 13.3. The molecule has 0 aliphatic heterocycles. The van der Waals surface area contributed by atoms with Gasteiger partial charge in [0.15, 0.2) is 0 Å². The van der Waals surface area contributed by atoms with Crippen LogP contribution in [0.4, 0.5) is 10.1 Å². The molecule has 1 atom stereocenters. The first kappa shape index (κ1) is 20.3. The number of nitrogens with one attached hydrogen (secondary N) is 1. The van der Waals surface area contributed by atoms with Gasteiger partial charge >= 0.3 is 0 Å². The molecular weight excluding hydrogens is 379 g/mol. The maximum absolute atomic E-state index is 14.6. The lowest BCUT2D eigenvalue weighted by atomic mass is 10.0. The summed E-state index contributed by atoms with van der Waals surface area (Å²) in [5.74, 6) is -0.0511. The summed E-state index contributed by atoms with van der Waals surface area (Å²) in [6.45, 7) is 2.39. The molecule has 1 N–H and O–H groups in total. The van der Waals surface area contributed by atoms with E-state index < -0.39 is 16.9 Å². The number of rotatable bonds is 8. The lowest BCUT2D eigenvalue weighted by Crippen LogP contribution is -2.05. The van der Waals surface area contributed by atoms with Crippen molar-refractivity contribution in [1.29, 1.82) is 0 Å². The Balaban J connectivity index is 2.23. The Bertz CT molecular complexity index is 990. The third kappa shape index (κ3) is 4.67. The van der Waals surface area contributed by atoms with Crippen LogP contribution < -0.4 is 4.72 Å². The largest absolute Gasteiger partial charge is 0.383 e. The molecule has 0 radical (unpaired) electrons. The van der Waals surface area contributed by atoms with Crippen molar-refractivity contribution in [3.8, 4) is 0 Å². The van der Waals surface area contributed by atoms with Gasteiger partial charge in [-0.05, 0) is 60.6 Å². The van der Waals surface area contributed by atoms with Crippen LogP contribution in [0.15, 0.2) is 30.0 Å². The minimum atomic E-state index is -1.37. The summed E-state index contributed by atoms with van der Waals surface area (Å²) in [5, 5.41) is 4.42. The van der Waals surface area contributed by atoms with Crippen LogP contribution in [0.3, 0.4) is 0 Å². The second kappa shape index (κ2) is 8.26. The van der Waals surface area contributed by atoms with Crippen LogP contribution in [0, 0.1) is 11.9 Å². The van der Waals surface area contributed by atoms with Gasteiger partial charge in [0.2, 0.25) is 5.95 Å². The number of halogens is 1. The number of allylic oxidation sites excluding steroid dienone is 3. The topological polar surface area (TPSA) is 67.2 Å². The number of aromatic nitrogens is 2. The van der Waals surface area contributed by atoms with Gasteiger partial charge in [-0.25, -0.2) is 4.21 Å². The van der Waals surface area contributed by atoms with Crippen LogP contribution in [-0.2, 0) is 22.3 Å². The zero-order valence-corrected chi connectivity index (χ0v) is 17.3. The van der Waals surface area contributed by atoms with Gasteiger partial charge in [-0.15, -0.1) is 5.10 Å². The van der Waals surface area contributed by atoms with Crippen molar-refractivity contribution in [2.45, 2.75) is 26.3 Å². The number of anilines is 1. The molecule has 1 saturated carbocycles. The molecule has 1 heterocycles. The Morgan fingerprint density at radius 3 is 2.71 bits per heavy atom. The molecule has 1 unspecified atom stereocenters. The van der Waals surface area contributed by atoms with E-state index in [1.54, 1.807) is 23.7 Å². The van der Waals surface area contributed by atoms with Crippen molar-refractivity contribution in [3.63, 3.8) is 0 Å². The Labute approximate surface area is 166 Å². The molecule has 28 heavy (non-hydrogen) atoms. The van der Waals surface area contributed by atoms with E-state index in [9.17, 15) is 13.4 Å². The number of fused-ring (bicyclic) bond motifs is 1. The Hall–Kier alpha value is -2.48. The van der Waals surface area contributed by atoms with Crippen LogP contribution in [0.25, 0.3) is 16.5 Å². The van der Waals surface area contributed by atoms with E-state index in [0.717, 1.165) is 30.3 Å². The molecule has 1 fully saturated rings. The third-order valence-corrected chi connectivity index (χ3v) is 5.00. The van der Waals surface area contributed by atoms with E-state index in [4.69, 9.17) is 0 Å². The lowest BCUT2D eigenvalue weighted by molar-refractivity contribution is -0.104.